The lowest BCUT2D eigenvalue weighted by Crippen LogP contribution is -2.18. The Morgan fingerprint density at radius 3 is 1.91 bits per heavy atom. The van der Waals surface area contributed by atoms with Crippen LogP contribution in [0, 0.1) is 0 Å². The van der Waals surface area contributed by atoms with E-state index in [1.165, 1.54) is 82.1 Å². The minimum Gasteiger partial charge on any atom is -0.456 e. The smallest absolute Gasteiger partial charge is 0.155 e. The Balaban J connectivity index is 1.01. The van der Waals surface area contributed by atoms with Gasteiger partial charge >= 0.3 is 0 Å². The van der Waals surface area contributed by atoms with Crippen LogP contribution in [0.5, 0.6) is 0 Å². The average molecular weight is 860 g/mol. The first-order chi connectivity index (χ1) is 33.2. The fourth-order valence-corrected chi connectivity index (χ4v) is 11.7. The normalized spacial score (nSPS) is 16.4. The van der Waals surface area contributed by atoms with Gasteiger partial charge in [-0.2, -0.15) is 0 Å². The van der Waals surface area contributed by atoms with Crippen LogP contribution in [-0.4, -0.2) is 16.1 Å². The quantitative estimate of drug-likeness (QED) is 0.170. The maximum atomic E-state index is 6.89. The molecule has 0 amide bonds. The third kappa shape index (κ3) is 6.27. The average Bonchev–Trinajstić information content (AvgIpc) is 3.89. The van der Waals surface area contributed by atoms with E-state index in [9.17, 15) is 0 Å². The molecule has 1 aliphatic carbocycles. The van der Waals surface area contributed by atoms with Crippen LogP contribution >= 0.6 is 0 Å². The molecule has 2 aromatic heterocycles. The van der Waals surface area contributed by atoms with E-state index in [2.05, 4.69) is 205 Å². The van der Waals surface area contributed by atoms with Gasteiger partial charge in [-0.25, -0.2) is 4.99 Å². The van der Waals surface area contributed by atoms with Crippen LogP contribution < -0.4 is 0 Å². The van der Waals surface area contributed by atoms with Gasteiger partial charge in [-0.1, -0.05) is 158 Å². The molecule has 0 spiro atoms. The van der Waals surface area contributed by atoms with Gasteiger partial charge in [0.25, 0.3) is 0 Å². The SMILES string of the molecule is c1ccc(C2=N[C@@H](c3cc4oc5ccc6ccccc6c5c4cc3-n3c4cc5ccccc5cc4c4cc5ccccc5cc43)CCCC(CC3Cc4ccccc4-c4ccccc43)=N2)cc1. The fraction of sp³-hybridized carbons (Fsp3) is 0.111. The van der Waals surface area contributed by atoms with Crippen LogP contribution in [-0.2, 0) is 6.42 Å². The summed E-state index contributed by atoms with van der Waals surface area (Å²) in [6.45, 7) is 0. The van der Waals surface area contributed by atoms with Crippen LogP contribution in [0.1, 0.15) is 59.9 Å². The van der Waals surface area contributed by atoms with Gasteiger partial charge in [0.15, 0.2) is 5.84 Å². The maximum Gasteiger partial charge on any atom is 0.155 e. The van der Waals surface area contributed by atoms with Crippen molar-refractivity contribution >= 4 is 87.6 Å². The predicted molar refractivity (Wildman–Crippen MR) is 281 cm³/mol. The molecule has 2 aliphatic rings. The molecule has 0 saturated heterocycles. The number of fused-ring (bicyclic) bond motifs is 13. The first kappa shape index (κ1) is 38.2. The summed E-state index contributed by atoms with van der Waals surface area (Å²) < 4.78 is 9.43. The third-order valence-electron chi connectivity index (χ3n) is 14.8. The summed E-state index contributed by atoms with van der Waals surface area (Å²) in [7, 11) is 0. The largest absolute Gasteiger partial charge is 0.456 e. The van der Waals surface area contributed by atoms with Gasteiger partial charge in [-0.15, -0.1) is 0 Å². The highest BCUT2D eigenvalue weighted by atomic mass is 16.3. The van der Waals surface area contributed by atoms with Crippen molar-refractivity contribution in [3.05, 3.63) is 222 Å². The Bertz CT molecular complexity index is 3940. The predicted octanol–water partition coefficient (Wildman–Crippen LogP) is 16.7. The fourth-order valence-electron chi connectivity index (χ4n) is 11.7. The van der Waals surface area contributed by atoms with Gasteiger partial charge in [0, 0.05) is 38.4 Å². The topological polar surface area (TPSA) is 42.8 Å². The van der Waals surface area contributed by atoms with E-state index in [1.54, 1.807) is 0 Å². The second kappa shape index (κ2) is 15.3. The highest BCUT2D eigenvalue weighted by molar-refractivity contribution is 6.21. The number of aliphatic imine (C=N–C) groups is 2. The van der Waals surface area contributed by atoms with Crippen LogP contribution in [0.4, 0.5) is 0 Å². The van der Waals surface area contributed by atoms with Crippen molar-refractivity contribution in [1.29, 1.82) is 0 Å². The molecule has 4 nitrogen and oxygen atoms in total. The number of rotatable bonds is 5. The number of hydrogen-bond acceptors (Lipinski definition) is 3. The van der Waals surface area contributed by atoms with Crippen LogP contribution in [0.25, 0.3) is 92.9 Å². The van der Waals surface area contributed by atoms with Gasteiger partial charge in [0.05, 0.1) is 22.8 Å². The molecule has 12 aromatic rings. The van der Waals surface area contributed by atoms with Gasteiger partial charge in [-0.3, -0.25) is 4.99 Å². The first-order valence-electron chi connectivity index (χ1n) is 23.8. The van der Waals surface area contributed by atoms with Crippen molar-refractivity contribution in [2.75, 3.05) is 0 Å². The van der Waals surface area contributed by atoms with Gasteiger partial charge in [-0.05, 0) is 135 Å². The molecule has 10 aromatic carbocycles. The van der Waals surface area contributed by atoms with E-state index in [0.29, 0.717) is 5.92 Å². The highest BCUT2D eigenvalue weighted by Crippen LogP contribution is 2.46. The lowest BCUT2D eigenvalue weighted by molar-refractivity contribution is 0.609. The van der Waals surface area contributed by atoms with E-state index in [1.807, 2.05) is 0 Å². The number of furan rings is 1. The molecular weight excluding hydrogens is 815 g/mol. The van der Waals surface area contributed by atoms with E-state index in [-0.39, 0.29) is 6.04 Å². The van der Waals surface area contributed by atoms with E-state index < -0.39 is 0 Å². The van der Waals surface area contributed by atoms with Crippen molar-refractivity contribution < 1.29 is 4.42 Å². The minimum absolute atomic E-state index is 0.194. The molecule has 0 N–H and O–H groups in total. The molecule has 4 heteroatoms. The lowest BCUT2D eigenvalue weighted by atomic mass is 9.76. The Hall–Kier alpha value is -8.08. The van der Waals surface area contributed by atoms with Crippen LogP contribution in [0.2, 0.25) is 0 Å². The Kier molecular flexibility index (Phi) is 8.70. The second-order valence-electron chi connectivity index (χ2n) is 18.7. The number of nitrogens with zero attached hydrogens (tertiary/aromatic N) is 3. The Morgan fingerprint density at radius 1 is 0.507 bits per heavy atom. The molecule has 1 aliphatic heterocycles. The zero-order chi connectivity index (χ0) is 44.0. The monoisotopic (exact) mass is 859 g/mol. The second-order valence-corrected chi connectivity index (χ2v) is 18.7. The summed E-state index contributed by atoms with van der Waals surface area (Å²) in [6, 6.07) is 73.1. The zero-order valence-corrected chi connectivity index (χ0v) is 37.0. The zero-order valence-electron chi connectivity index (χ0n) is 37.0. The number of benzene rings is 10. The molecule has 1 unspecified atom stereocenters. The van der Waals surface area contributed by atoms with Crippen molar-refractivity contribution in [2.45, 2.75) is 44.1 Å². The summed E-state index contributed by atoms with van der Waals surface area (Å²) in [5.41, 5.74) is 14.2. The molecule has 67 heavy (non-hydrogen) atoms. The molecule has 3 heterocycles. The van der Waals surface area contributed by atoms with Crippen molar-refractivity contribution in [1.82, 2.24) is 4.57 Å². The Labute approximate surface area is 388 Å². The van der Waals surface area contributed by atoms with Gasteiger partial charge < -0.3 is 8.98 Å². The molecule has 14 rings (SSSR count). The molecule has 2 atom stereocenters. The van der Waals surface area contributed by atoms with Crippen molar-refractivity contribution in [2.24, 2.45) is 9.98 Å². The standard InChI is InChI=1S/C63H45N3O/c1-2-16-40(17-3-1)63-64-47(32-46-31-45-22-9-10-24-48(45)51-27-13-12-25-49(46)51)23-14-28-56(65-63)54-38-61-55(62-50-26-11-8-15-39(50)29-30-60(62)67-61)37-59(54)66-57-35-43-20-6-4-18-41(43)33-52(57)53-34-42-19-5-7-21-44(42)36-58(53)66/h1-13,15-22,24-27,29-30,33-38,46,56H,14,23,28,31-32H2/t46?,56-/m1/s1. The molecule has 0 fully saturated rings. The maximum absolute atomic E-state index is 6.89. The number of hydrogen-bond donors (Lipinski definition) is 0. The van der Waals surface area contributed by atoms with E-state index in [4.69, 9.17) is 14.4 Å². The highest BCUT2D eigenvalue weighted by Gasteiger charge is 2.29. The summed E-state index contributed by atoms with van der Waals surface area (Å²) in [6.07, 6.45) is 4.64. The van der Waals surface area contributed by atoms with E-state index >= 15 is 0 Å². The van der Waals surface area contributed by atoms with Gasteiger partial charge in [0.1, 0.15) is 11.2 Å². The first-order valence-corrected chi connectivity index (χ1v) is 23.8. The third-order valence-corrected chi connectivity index (χ3v) is 14.8. The number of amidine groups is 1. The minimum atomic E-state index is -0.194. The lowest BCUT2D eigenvalue weighted by Gasteiger charge is -2.29. The molecule has 318 valence electrons. The summed E-state index contributed by atoms with van der Waals surface area (Å²) >= 11 is 0. The van der Waals surface area contributed by atoms with Crippen LogP contribution in [0.15, 0.2) is 215 Å². The van der Waals surface area contributed by atoms with Crippen molar-refractivity contribution in [3.8, 4) is 16.8 Å². The molecule has 0 bridgehead atoms. The Morgan fingerprint density at radius 2 is 1.15 bits per heavy atom. The summed E-state index contributed by atoms with van der Waals surface area (Å²) in [5, 5.41) is 12.0. The van der Waals surface area contributed by atoms with Gasteiger partial charge in [0.2, 0.25) is 0 Å². The molecule has 0 saturated carbocycles. The molecular formula is C63H45N3O. The van der Waals surface area contributed by atoms with Crippen LogP contribution in [0.3, 0.4) is 0 Å². The summed E-state index contributed by atoms with van der Waals surface area (Å²) in [5.74, 6) is 1.14. The van der Waals surface area contributed by atoms with E-state index in [0.717, 1.165) is 76.7 Å². The summed E-state index contributed by atoms with van der Waals surface area (Å²) in [4.78, 5) is 11.4. The van der Waals surface area contributed by atoms with Crippen molar-refractivity contribution in [3.63, 3.8) is 0 Å². The number of aromatic nitrogens is 1. The molecule has 0 radical (unpaired) electrons.